The molecule has 0 saturated carbocycles. The van der Waals surface area contributed by atoms with Gasteiger partial charge in [0.1, 0.15) is 6.54 Å². The van der Waals surface area contributed by atoms with Crippen LogP contribution in [0.4, 0.5) is 0 Å². The molecular formula is C20H26N6S. The molecule has 0 amide bonds. The lowest BCUT2D eigenvalue weighted by molar-refractivity contribution is 0.817. The third-order valence-corrected chi connectivity index (χ3v) is 5.07. The first-order valence-electron chi connectivity index (χ1n) is 9.20. The van der Waals surface area contributed by atoms with Gasteiger partial charge < -0.3 is 10.6 Å². The number of guanidine groups is 1. The van der Waals surface area contributed by atoms with Crippen LogP contribution < -0.4 is 10.6 Å². The zero-order valence-electron chi connectivity index (χ0n) is 15.9. The van der Waals surface area contributed by atoms with Gasteiger partial charge in [0.2, 0.25) is 0 Å². The van der Waals surface area contributed by atoms with Crippen molar-refractivity contribution in [2.75, 3.05) is 18.8 Å². The normalized spacial score (nSPS) is 11.7. The molecule has 0 spiro atoms. The smallest absolute Gasteiger partial charge is 0.191 e. The largest absolute Gasteiger partial charge is 0.357 e. The highest BCUT2D eigenvalue weighted by Gasteiger charge is 2.04. The Hall–Kier alpha value is -2.54. The summed E-state index contributed by atoms with van der Waals surface area (Å²) in [6.07, 6.45) is 1.96. The number of benzene rings is 1. The van der Waals surface area contributed by atoms with Crippen LogP contribution in [0.2, 0.25) is 0 Å². The van der Waals surface area contributed by atoms with Crippen LogP contribution in [0.15, 0.2) is 53.7 Å². The molecule has 142 valence electrons. The molecule has 7 heteroatoms. The molecule has 0 bridgehead atoms. The molecule has 2 N–H and O–H groups in total. The van der Waals surface area contributed by atoms with E-state index in [-0.39, 0.29) is 0 Å². The first-order valence-corrected chi connectivity index (χ1v) is 10.4. The van der Waals surface area contributed by atoms with Gasteiger partial charge >= 0.3 is 0 Å². The molecule has 2 aromatic heterocycles. The van der Waals surface area contributed by atoms with E-state index < -0.39 is 0 Å². The minimum Gasteiger partial charge on any atom is -0.357 e. The molecule has 0 aliphatic heterocycles. The number of pyridine rings is 1. The Morgan fingerprint density at radius 3 is 2.78 bits per heavy atom. The number of thioether (sulfide) groups is 1. The molecule has 3 aromatic rings. The second kappa shape index (κ2) is 9.97. The summed E-state index contributed by atoms with van der Waals surface area (Å²) in [7, 11) is 0. The molecular weight excluding hydrogens is 356 g/mol. The monoisotopic (exact) mass is 382 g/mol. The van der Waals surface area contributed by atoms with Crippen LogP contribution in [-0.4, -0.2) is 39.4 Å². The molecule has 0 unspecified atom stereocenters. The van der Waals surface area contributed by atoms with Crippen LogP contribution in [0.5, 0.6) is 0 Å². The lowest BCUT2D eigenvalue weighted by atomic mass is 10.2. The van der Waals surface area contributed by atoms with Crippen LogP contribution in [0.1, 0.15) is 23.9 Å². The minimum absolute atomic E-state index is 0.483. The second-order valence-electron chi connectivity index (χ2n) is 6.21. The number of hydrogen-bond acceptors (Lipinski definition) is 4. The van der Waals surface area contributed by atoms with Crippen molar-refractivity contribution in [1.29, 1.82) is 0 Å². The maximum absolute atomic E-state index is 4.63. The molecule has 27 heavy (non-hydrogen) atoms. The predicted octanol–water partition coefficient (Wildman–Crippen LogP) is 3.03. The van der Waals surface area contributed by atoms with Crippen molar-refractivity contribution < 1.29 is 0 Å². The van der Waals surface area contributed by atoms with E-state index in [9.17, 15) is 0 Å². The predicted molar refractivity (Wildman–Crippen MR) is 113 cm³/mol. The summed E-state index contributed by atoms with van der Waals surface area (Å²) in [6, 6.07) is 14.6. The standard InChI is InChI=1S/C20H26N6S/c1-3-21-20(22-11-13-27-15-17-9-7-16(2)8-10-17)23-14-19-25-24-18-6-4-5-12-26(18)19/h4-10,12H,3,11,13-15H2,1-2H3,(H2,21,22,23). The fraction of sp³-hybridized carbons (Fsp3) is 0.350. The Morgan fingerprint density at radius 1 is 1.11 bits per heavy atom. The van der Waals surface area contributed by atoms with Gasteiger partial charge in [0.15, 0.2) is 17.4 Å². The Kier molecular flexibility index (Phi) is 7.10. The van der Waals surface area contributed by atoms with Crippen molar-refractivity contribution >= 4 is 23.4 Å². The third kappa shape index (κ3) is 5.72. The zero-order chi connectivity index (χ0) is 18.9. The topological polar surface area (TPSA) is 66.6 Å². The Balaban J connectivity index is 1.46. The van der Waals surface area contributed by atoms with Gasteiger partial charge in [-0.2, -0.15) is 11.8 Å². The Bertz CT molecular complexity index is 872. The van der Waals surface area contributed by atoms with E-state index in [1.165, 1.54) is 11.1 Å². The van der Waals surface area contributed by atoms with Crippen molar-refractivity contribution in [1.82, 2.24) is 25.2 Å². The number of fused-ring (bicyclic) bond motifs is 1. The molecule has 0 fully saturated rings. The first-order chi connectivity index (χ1) is 13.3. The Labute approximate surface area is 164 Å². The van der Waals surface area contributed by atoms with E-state index in [2.05, 4.69) is 63.9 Å². The van der Waals surface area contributed by atoms with Gasteiger partial charge in [-0.25, -0.2) is 4.99 Å². The van der Waals surface area contributed by atoms with Crippen molar-refractivity contribution in [3.63, 3.8) is 0 Å². The molecule has 0 atom stereocenters. The van der Waals surface area contributed by atoms with E-state index >= 15 is 0 Å². The fourth-order valence-electron chi connectivity index (χ4n) is 2.61. The van der Waals surface area contributed by atoms with E-state index in [1.54, 1.807) is 0 Å². The zero-order valence-corrected chi connectivity index (χ0v) is 16.7. The highest BCUT2D eigenvalue weighted by molar-refractivity contribution is 7.98. The third-order valence-electron chi connectivity index (χ3n) is 4.04. The van der Waals surface area contributed by atoms with E-state index in [0.29, 0.717) is 6.54 Å². The summed E-state index contributed by atoms with van der Waals surface area (Å²) < 4.78 is 1.96. The van der Waals surface area contributed by atoms with Gasteiger partial charge in [0, 0.05) is 30.8 Å². The maximum atomic E-state index is 4.63. The SMILES string of the molecule is CCNC(=NCc1nnc2ccccn12)NCCSCc1ccc(C)cc1. The van der Waals surface area contributed by atoms with Crippen LogP contribution in [0.3, 0.4) is 0 Å². The van der Waals surface area contributed by atoms with E-state index in [0.717, 1.165) is 42.0 Å². The minimum atomic E-state index is 0.483. The summed E-state index contributed by atoms with van der Waals surface area (Å²) >= 11 is 1.92. The highest BCUT2D eigenvalue weighted by Crippen LogP contribution is 2.12. The van der Waals surface area contributed by atoms with Gasteiger partial charge in [-0.05, 0) is 31.5 Å². The Morgan fingerprint density at radius 2 is 1.96 bits per heavy atom. The van der Waals surface area contributed by atoms with E-state index in [4.69, 9.17) is 0 Å². The molecule has 0 radical (unpaired) electrons. The quantitative estimate of drug-likeness (QED) is 0.356. The number of aliphatic imine (C=N–C) groups is 1. The van der Waals surface area contributed by atoms with Crippen LogP contribution in [-0.2, 0) is 12.3 Å². The van der Waals surface area contributed by atoms with Gasteiger partial charge in [-0.3, -0.25) is 4.40 Å². The van der Waals surface area contributed by atoms with Crippen molar-refractivity contribution in [2.24, 2.45) is 4.99 Å². The summed E-state index contributed by atoms with van der Waals surface area (Å²) in [5.41, 5.74) is 3.51. The number of nitrogens with one attached hydrogen (secondary N) is 2. The summed E-state index contributed by atoms with van der Waals surface area (Å²) in [5, 5.41) is 15.1. The lowest BCUT2D eigenvalue weighted by Gasteiger charge is -2.11. The average Bonchev–Trinajstić information content (AvgIpc) is 3.10. The molecule has 0 aliphatic carbocycles. The van der Waals surface area contributed by atoms with Crippen LogP contribution >= 0.6 is 11.8 Å². The van der Waals surface area contributed by atoms with Gasteiger partial charge in [-0.1, -0.05) is 35.9 Å². The van der Waals surface area contributed by atoms with Gasteiger partial charge in [-0.15, -0.1) is 10.2 Å². The van der Waals surface area contributed by atoms with Crippen molar-refractivity contribution in [2.45, 2.75) is 26.1 Å². The maximum Gasteiger partial charge on any atom is 0.191 e. The summed E-state index contributed by atoms with van der Waals surface area (Å²) in [4.78, 5) is 4.63. The van der Waals surface area contributed by atoms with E-state index in [1.807, 2.05) is 40.6 Å². The number of rotatable bonds is 8. The summed E-state index contributed by atoms with van der Waals surface area (Å²) in [6.45, 7) is 6.35. The van der Waals surface area contributed by atoms with Gasteiger partial charge in [0.25, 0.3) is 0 Å². The molecule has 0 saturated heterocycles. The average molecular weight is 383 g/mol. The van der Waals surface area contributed by atoms with Crippen LogP contribution in [0.25, 0.3) is 5.65 Å². The van der Waals surface area contributed by atoms with Crippen LogP contribution in [0, 0.1) is 6.92 Å². The molecule has 2 heterocycles. The number of aromatic nitrogens is 3. The van der Waals surface area contributed by atoms with Crippen molar-refractivity contribution in [3.8, 4) is 0 Å². The summed E-state index contributed by atoms with van der Waals surface area (Å²) in [5.74, 6) is 3.69. The highest BCUT2D eigenvalue weighted by atomic mass is 32.2. The fourth-order valence-corrected chi connectivity index (χ4v) is 3.43. The van der Waals surface area contributed by atoms with Gasteiger partial charge in [0.05, 0.1) is 0 Å². The molecule has 3 rings (SSSR count). The molecule has 6 nitrogen and oxygen atoms in total. The second-order valence-corrected chi connectivity index (χ2v) is 7.31. The lowest BCUT2D eigenvalue weighted by Crippen LogP contribution is -2.38. The first kappa shape index (κ1) is 19.2. The van der Waals surface area contributed by atoms with Crippen molar-refractivity contribution in [3.05, 3.63) is 65.6 Å². The molecule has 1 aromatic carbocycles. The number of nitrogens with zero attached hydrogens (tertiary/aromatic N) is 4. The number of hydrogen-bond donors (Lipinski definition) is 2. The number of aryl methyl sites for hydroxylation is 1. The molecule has 0 aliphatic rings.